The largest absolute Gasteiger partial charge is 0.370 e. The molecule has 23 heavy (non-hydrogen) atoms. The van der Waals surface area contributed by atoms with Crippen molar-refractivity contribution in [2.24, 2.45) is 16.5 Å². The van der Waals surface area contributed by atoms with E-state index in [1.54, 1.807) is 0 Å². The molecule has 1 aromatic carbocycles. The lowest BCUT2D eigenvalue weighted by molar-refractivity contribution is 0.185. The normalized spacial score (nSPS) is 15.9. The fourth-order valence-electron chi connectivity index (χ4n) is 2.88. The van der Waals surface area contributed by atoms with Crippen LogP contribution in [0, 0.1) is 0 Å². The van der Waals surface area contributed by atoms with Crippen molar-refractivity contribution in [2.75, 3.05) is 13.1 Å². The zero-order valence-electron chi connectivity index (χ0n) is 12.5. The number of hydrogen-bond donors (Lipinski definition) is 2. The maximum absolute atomic E-state index is 6.19. The molecule has 4 N–H and O–H groups in total. The first-order valence-corrected chi connectivity index (χ1v) is 8.98. The van der Waals surface area contributed by atoms with Crippen LogP contribution in [-0.4, -0.2) is 23.9 Å². The summed E-state index contributed by atoms with van der Waals surface area (Å²) in [5.41, 5.74) is 13.5. The standard InChI is InChI=1S/C16H18Cl2N4S/c17-12-2-1-10(7-13(12)18)14(8-21-16(19)20)22-5-3-15-11(9-22)4-6-23-15/h1-2,4,6-7,14H,3,5,8-9H2,(H4,19,20,21). The fraction of sp³-hybridized carbons (Fsp3) is 0.312. The molecule has 1 aromatic heterocycles. The second kappa shape index (κ2) is 7.09. The lowest BCUT2D eigenvalue weighted by Gasteiger charge is -2.34. The molecule has 122 valence electrons. The molecule has 0 radical (unpaired) electrons. The summed E-state index contributed by atoms with van der Waals surface area (Å²) in [4.78, 5) is 8.09. The Morgan fingerprint density at radius 2 is 2.09 bits per heavy atom. The number of benzene rings is 1. The topological polar surface area (TPSA) is 67.6 Å². The van der Waals surface area contributed by atoms with E-state index in [-0.39, 0.29) is 12.0 Å². The number of halogens is 2. The number of nitrogens with two attached hydrogens (primary N) is 2. The lowest BCUT2D eigenvalue weighted by Crippen LogP contribution is -2.36. The van der Waals surface area contributed by atoms with E-state index in [9.17, 15) is 0 Å². The predicted octanol–water partition coefficient (Wildman–Crippen LogP) is 3.43. The molecule has 1 aliphatic heterocycles. The third kappa shape index (κ3) is 3.80. The summed E-state index contributed by atoms with van der Waals surface area (Å²) in [6.45, 7) is 2.36. The van der Waals surface area contributed by atoms with E-state index >= 15 is 0 Å². The van der Waals surface area contributed by atoms with Gasteiger partial charge in [-0.15, -0.1) is 11.3 Å². The van der Waals surface area contributed by atoms with Crippen LogP contribution in [0.4, 0.5) is 0 Å². The summed E-state index contributed by atoms with van der Waals surface area (Å²) in [5, 5.41) is 3.25. The van der Waals surface area contributed by atoms with E-state index in [1.807, 2.05) is 29.5 Å². The number of hydrogen-bond acceptors (Lipinski definition) is 3. The van der Waals surface area contributed by atoms with Gasteiger partial charge in [0.05, 0.1) is 22.6 Å². The van der Waals surface area contributed by atoms with Gasteiger partial charge in [0.1, 0.15) is 0 Å². The third-order valence-corrected chi connectivity index (χ3v) is 5.82. The van der Waals surface area contributed by atoms with Gasteiger partial charge in [-0.2, -0.15) is 0 Å². The van der Waals surface area contributed by atoms with Gasteiger partial charge in [0.15, 0.2) is 5.96 Å². The summed E-state index contributed by atoms with van der Waals surface area (Å²) in [7, 11) is 0. The molecule has 0 aliphatic carbocycles. The molecular formula is C16H18Cl2N4S. The highest BCUT2D eigenvalue weighted by Crippen LogP contribution is 2.33. The molecule has 2 aromatic rings. The average Bonchev–Trinajstić information content (AvgIpc) is 2.98. The SMILES string of the molecule is NC(N)=NCC(c1ccc(Cl)c(Cl)c1)N1CCc2sccc2C1. The zero-order valence-corrected chi connectivity index (χ0v) is 14.8. The molecule has 3 rings (SSSR count). The minimum Gasteiger partial charge on any atom is -0.370 e. The number of rotatable bonds is 4. The monoisotopic (exact) mass is 368 g/mol. The van der Waals surface area contributed by atoms with Crippen LogP contribution in [0.2, 0.25) is 10.0 Å². The van der Waals surface area contributed by atoms with Crippen LogP contribution >= 0.6 is 34.5 Å². The highest BCUT2D eigenvalue weighted by Gasteiger charge is 2.25. The van der Waals surface area contributed by atoms with Crippen molar-refractivity contribution in [3.8, 4) is 0 Å². The minimum absolute atomic E-state index is 0.0694. The Morgan fingerprint density at radius 3 is 2.83 bits per heavy atom. The molecule has 0 amide bonds. The Kier molecular flexibility index (Phi) is 5.11. The van der Waals surface area contributed by atoms with Gasteiger partial charge in [-0.25, -0.2) is 0 Å². The molecule has 7 heteroatoms. The van der Waals surface area contributed by atoms with Crippen LogP contribution < -0.4 is 11.5 Å². The van der Waals surface area contributed by atoms with Crippen LogP contribution in [0.25, 0.3) is 0 Å². The first-order valence-electron chi connectivity index (χ1n) is 7.34. The Labute approximate surface area is 149 Å². The van der Waals surface area contributed by atoms with Gasteiger partial charge in [0.25, 0.3) is 0 Å². The van der Waals surface area contributed by atoms with Gasteiger partial charge in [-0.1, -0.05) is 29.3 Å². The number of fused-ring (bicyclic) bond motifs is 1. The van der Waals surface area contributed by atoms with Gasteiger partial charge in [0, 0.05) is 18.0 Å². The van der Waals surface area contributed by atoms with Gasteiger partial charge in [0.2, 0.25) is 0 Å². The van der Waals surface area contributed by atoms with Crippen LogP contribution in [0.3, 0.4) is 0 Å². The highest BCUT2D eigenvalue weighted by atomic mass is 35.5. The minimum atomic E-state index is 0.0694. The maximum Gasteiger partial charge on any atom is 0.185 e. The van der Waals surface area contributed by atoms with E-state index in [2.05, 4.69) is 21.3 Å². The van der Waals surface area contributed by atoms with E-state index in [4.69, 9.17) is 34.7 Å². The number of guanidine groups is 1. The first kappa shape index (κ1) is 16.6. The van der Waals surface area contributed by atoms with Crippen molar-refractivity contribution in [1.29, 1.82) is 0 Å². The second-order valence-corrected chi connectivity index (χ2v) is 7.36. The summed E-state index contributed by atoms with van der Waals surface area (Å²) < 4.78 is 0. The van der Waals surface area contributed by atoms with Gasteiger partial charge in [-0.05, 0) is 41.1 Å². The molecular weight excluding hydrogens is 351 g/mol. The Morgan fingerprint density at radius 1 is 1.26 bits per heavy atom. The molecule has 2 heterocycles. The Hall–Kier alpha value is -1.27. The van der Waals surface area contributed by atoms with E-state index in [0.717, 1.165) is 25.1 Å². The Balaban J connectivity index is 1.89. The first-order chi connectivity index (χ1) is 11.0. The molecule has 1 unspecified atom stereocenters. The van der Waals surface area contributed by atoms with Crippen molar-refractivity contribution in [3.63, 3.8) is 0 Å². The zero-order chi connectivity index (χ0) is 16.4. The Bertz CT molecular complexity index is 725. The van der Waals surface area contributed by atoms with Crippen LogP contribution in [0.5, 0.6) is 0 Å². The molecule has 0 saturated heterocycles. The number of aliphatic imine (C=N–C) groups is 1. The smallest absolute Gasteiger partial charge is 0.185 e. The van der Waals surface area contributed by atoms with Crippen LogP contribution in [0.1, 0.15) is 22.0 Å². The van der Waals surface area contributed by atoms with Gasteiger partial charge in [-0.3, -0.25) is 9.89 Å². The second-order valence-electron chi connectivity index (χ2n) is 5.54. The lowest BCUT2D eigenvalue weighted by atomic mass is 10.0. The summed E-state index contributed by atoms with van der Waals surface area (Å²) in [6, 6.07) is 7.98. The molecule has 0 saturated carbocycles. The van der Waals surface area contributed by atoms with Crippen LogP contribution in [-0.2, 0) is 13.0 Å². The van der Waals surface area contributed by atoms with Gasteiger partial charge < -0.3 is 11.5 Å². The highest BCUT2D eigenvalue weighted by molar-refractivity contribution is 7.10. The molecule has 0 spiro atoms. The van der Waals surface area contributed by atoms with Crippen molar-refractivity contribution in [2.45, 2.75) is 19.0 Å². The van der Waals surface area contributed by atoms with E-state index in [1.165, 1.54) is 10.4 Å². The summed E-state index contributed by atoms with van der Waals surface area (Å²) >= 11 is 14.1. The van der Waals surface area contributed by atoms with Gasteiger partial charge >= 0.3 is 0 Å². The molecule has 1 atom stereocenters. The fourth-order valence-corrected chi connectivity index (χ4v) is 4.08. The molecule has 0 fully saturated rings. The maximum atomic E-state index is 6.19. The van der Waals surface area contributed by atoms with Crippen molar-refractivity contribution < 1.29 is 0 Å². The predicted molar refractivity (Wildman–Crippen MR) is 98.3 cm³/mol. The quantitative estimate of drug-likeness (QED) is 0.641. The van der Waals surface area contributed by atoms with E-state index < -0.39 is 0 Å². The number of thiophene rings is 1. The van der Waals surface area contributed by atoms with Crippen molar-refractivity contribution in [3.05, 3.63) is 55.7 Å². The van der Waals surface area contributed by atoms with Crippen molar-refractivity contribution >= 4 is 40.5 Å². The van der Waals surface area contributed by atoms with E-state index in [0.29, 0.717) is 16.6 Å². The molecule has 4 nitrogen and oxygen atoms in total. The number of nitrogens with zero attached hydrogens (tertiary/aromatic N) is 2. The third-order valence-electron chi connectivity index (χ3n) is 4.05. The summed E-state index contributed by atoms with van der Waals surface area (Å²) in [5.74, 6) is 0.100. The molecule has 1 aliphatic rings. The summed E-state index contributed by atoms with van der Waals surface area (Å²) in [6.07, 6.45) is 1.05. The van der Waals surface area contributed by atoms with Crippen LogP contribution in [0.15, 0.2) is 34.6 Å². The molecule has 0 bridgehead atoms. The van der Waals surface area contributed by atoms with Crippen molar-refractivity contribution in [1.82, 2.24) is 4.90 Å². The average molecular weight is 369 g/mol.